The first-order valence-electron chi connectivity index (χ1n) is 12.7. The quantitative estimate of drug-likeness (QED) is 0.381. The van der Waals surface area contributed by atoms with Crippen molar-refractivity contribution in [3.8, 4) is 5.19 Å². The average molecular weight is 551 g/mol. The molecule has 1 unspecified atom stereocenters. The lowest BCUT2D eigenvalue weighted by Crippen LogP contribution is -2.33. The van der Waals surface area contributed by atoms with Crippen molar-refractivity contribution in [1.29, 1.82) is 0 Å². The Bertz CT molecular complexity index is 1270. The van der Waals surface area contributed by atoms with E-state index < -0.39 is 12.8 Å². The Morgan fingerprint density at radius 2 is 2.11 bits per heavy atom. The van der Waals surface area contributed by atoms with Crippen LogP contribution in [0.5, 0.6) is 5.19 Å². The van der Waals surface area contributed by atoms with E-state index in [1.165, 1.54) is 11.3 Å². The van der Waals surface area contributed by atoms with Gasteiger partial charge in [-0.25, -0.2) is 15.0 Å². The number of ether oxygens (including phenoxy) is 2. The van der Waals surface area contributed by atoms with E-state index in [9.17, 15) is 18.0 Å². The highest BCUT2D eigenvalue weighted by Crippen LogP contribution is 2.30. The van der Waals surface area contributed by atoms with Gasteiger partial charge in [0.05, 0.1) is 24.0 Å². The van der Waals surface area contributed by atoms with Crippen LogP contribution in [0.15, 0.2) is 27.6 Å². The summed E-state index contributed by atoms with van der Waals surface area (Å²) in [5.74, 6) is 0.240. The van der Waals surface area contributed by atoms with Crippen molar-refractivity contribution in [3.63, 3.8) is 0 Å². The maximum Gasteiger partial charge on any atom is 0.422 e. The standard InChI is InChI=1S/C26H29F3N4O4S/c1-16-31-21-4-2-3-19(23(21)37-16)24(34)30-13-17-5-6-18(35-14-17)7-10-33-11-8-20-22(9-12-33)38-25(32-20)36-15-26(27,28)29/h2-4,13,17-18H,5-12,14-15H2,1H3/t17?,18-/m1/s1. The maximum atomic E-state index is 12.6. The Morgan fingerprint density at radius 1 is 1.26 bits per heavy atom. The fraction of sp³-hybridized carbons (Fsp3) is 0.538. The second-order valence-corrected chi connectivity index (χ2v) is 10.7. The zero-order valence-electron chi connectivity index (χ0n) is 21.0. The number of aryl methyl sites for hydroxylation is 1. The zero-order chi connectivity index (χ0) is 26.7. The summed E-state index contributed by atoms with van der Waals surface area (Å²) in [6, 6.07) is 5.27. The number of oxazole rings is 1. The highest BCUT2D eigenvalue weighted by atomic mass is 32.1. The molecule has 0 N–H and O–H groups in total. The van der Waals surface area contributed by atoms with Crippen LogP contribution in [0.25, 0.3) is 11.1 Å². The molecule has 2 aliphatic heterocycles. The number of carbonyl (C=O) groups excluding carboxylic acids is 1. The smallest absolute Gasteiger partial charge is 0.422 e. The summed E-state index contributed by atoms with van der Waals surface area (Å²) in [5.41, 5.74) is 2.35. The number of rotatable bonds is 7. The molecule has 4 heterocycles. The Hall–Kier alpha value is -2.83. The monoisotopic (exact) mass is 550 g/mol. The van der Waals surface area contributed by atoms with Gasteiger partial charge in [0.2, 0.25) is 0 Å². The summed E-state index contributed by atoms with van der Waals surface area (Å²) in [6.45, 7) is 3.47. The number of aliphatic imine (C=N–C) groups is 1. The molecule has 8 nitrogen and oxygen atoms in total. The number of benzene rings is 1. The van der Waals surface area contributed by atoms with Crippen molar-refractivity contribution in [2.75, 3.05) is 32.8 Å². The van der Waals surface area contributed by atoms with Crippen molar-refractivity contribution in [2.24, 2.45) is 10.9 Å². The third-order valence-corrected chi connectivity index (χ3v) is 7.84. The van der Waals surface area contributed by atoms with Crippen LogP contribution in [0.1, 0.15) is 46.1 Å². The third-order valence-electron chi connectivity index (χ3n) is 6.77. The summed E-state index contributed by atoms with van der Waals surface area (Å²) in [4.78, 5) is 28.7. The lowest BCUT2D eigenvalue weighted by Gasteiger charge is -2.29. The van der Waals surface area contributed by atoms with E-state index in [1.807, 2.05) is 0 Å². The van der Waals surface area contributed by atoms with Crippen LogP contribution < -0.4 is 4.74 Å². The van der Waals surface area contributed by atoms with E-state index in [1.54, 1.807) is 31.3 Å². The Kier molecular flexibility index (Phi) is 8.10. The number of nitrogens with zero attached hydrogens (tertiary/aromatic N) is 4. The lowest BCUT2D eigenvalue weighted by atomic mass is 9.98. The lowest BCUT2D eigenvalue weighted by molar-refractivity contribution is -0.153. The number of carbonyl (C=O) groups is 1. The second kappa shape index (κ2) is 11.5. The molecular weight excluding hydrogens is 521 g/mol. The Labute approximate surface area is 221 Å². The van der Waals surface area contributed by atoms with Gasteiger partial charge in [-0.15, -0.1) is 0 Å². The predicted octanol–water partition coefficient (Wildman–Crippen LogP) is 5.03. The molecule has 2 aliphatic rings. The van der Waals surface area contributed by atoms with E-state index in [0.717, 1.165) is 55.9 Å². The fourth-order valence-electron chi connectivity index (χ4n) is 4.78. The van der Waals surface area contributed by atoms with Gasteiger partial charge in [0.25, 0.3) is 11.1 Å². The molecule has 204 valence electrons. The van der Waals surface area contributed by atoms with E-state index >= 15 is 0 Å². The first-order valence-corrected chi connectivity index (χ1v) is 13.5. The van der Waals surface area contributed by atoms with Crippen molar-refractivity contribution < 1.29 is 31.9 Å². The van der Waals surface area contributed by atoms with Crippen molar-refractivity contribution in [3.05, 3.63) is 40.2 Å². The first-order chi connectivity index (χ1) is 18.2. The number of hydrogen-bond acceptors (Lipinski definition) is 8. The number of hydrogen-bond donors (Lipinski definition) is 0. The number of fused-ring (bicyclic) bond motifs is 2. The molecule has 0 spiro atoms. The summed E-state index contributed by atoms with van der Waals surface area (Å²) < 4.78 is 53.6. The molecule has 2 atom stereocenters. The topological polar surface area (TPSA) is 90.1 Å². The van der Waals surface area contributed by atoms with Gasteiger partial charge in [-0.2, -0.15) is 13.2 Å². The summed E-state index contributed by atoms with van der Waals surface area (Å²) >= 11 is 1.21. The molecule has 1 fully saturated rings. The van der Waals surface area contributed by atoms with Gasteiger partial charge in [0, 0.05) is 50.0 Å². The van der Waals surface area contributed by atoms with Gasteiger partial charge in [0.15, 0.2) is 18.1 Å². The van der Waals surface area contributed by atoms with E-state index in [2.05, 4.69) is 19.9 Å². The van der Waals surface area contributed by atoms with E-state index in [4.69, 9.17) is 13.9 Å². The van der Waals surface area contributed by atoms with E-state index in [-0.39, 0.29) is 23.1 Å². The number of aromatic nitrogens is 2. The molecule has 5 rings (SSSR count). The zero-order valence-corrected chi connectivity index (χ0v) is 21.8. The Balaban J connectivity index is 1.04. The summed E-state index contributed by atoms with van der Waals surface area (Å²) in [7, 11) is 0. The van der Waals surface area contributed by atoms with E-state index in [0.29, 0.717) is 35.6 Å². The number of thiazole rings is 1. The van der Waals surface area contributed by atoms with Crippen molar-refractivity contribution in [1.82, 2.24) is 14.9 Å². The van der Waals surface area contributed by atoms with Gasteiger partial charge >= 0.3 is 6.18 Å². The molecule has 0 aliphatic carbocycles. The minimum atomic E-state index is -4.36. The van der Waals surface area contributed by atoms with Crippen LogP contribution in [-0.4, -0.2) is 72.1 Å². The number of alkyl halides is 3. The summed E-state index contributed by atoms with van der Waals surface area (Å²) in [5, 5.41) is 0.0984. The SMILES string of the molecule is Cc1nc2cccc(C(=O)N=CC3CC[C@H](CCN4CCc5nc(OCC(F)(F)F)sc5CC4)OC3)c2o1. The molecule has 0 radical (unpaired) electrons. The molecule has 3 aromatic rings. The highest BCUT2D eigenvalue weighted by Gasteiger charge is 2.30. The number of para-hydroxylation sites is 1. The molecule has 12 heteroatoms. The minimum absolute atomic E-state index is 0.0832. The van der Waals surface area contributed by atoms with Crippen LogP contribution >= 0.6 is 11.3 Å². The normalized spacial score (nSPS) is 21.1. The van der Waals surface area contributed by atoms with Gasteiger partial charge < -0.3 is 18.8 Å². The molecule has 1 aromatic carbocycles. The van der Waals surface area contributed by atoms with Crippen LogP contribution in [0.4, 0.5) is 13.2 Å². The van der Waals surface area contributed by atoms with Crippen LogP contribution in [0.3, 0.4) is 0 Å². The minimum Gasteiger partial charge on any atom is -0.460 e. The first kappa shape index (κ1) is 26.8. The van der Waals surface area contributed by atoms with Crippen molar-refractivity contribution >= 4 is 34.6 Å². The molecule has 38 heavy (non-hydrogen) atoms. The summed E-state index contributed by atoms with van der Waals surface area (Å²) in [6.07, 6.45) is 1.61. The maximum absolute atomic E-state index is 12.6. The van der Waals surface area contributed by atoms with Gasteiger partial charge in [-0.05, 0) is 37.8 Å². The average Bonchev–Trinajstić information content (AvgIpc) is 3.42. The number of amides is 1. The Morgan fingerprint density at radius 3 is 2.89 bits per heavy atom. The van der Waals surface area contributed by atoms with Gasteiger partial charge in [-0.3, -0.25) is 4.79 Å². The highest BCUT2D eigenvalue weighted by molar-refractivity contribution is 7.13. The van der Waals surface area contributed by atoms with Crippen LogP contribution in [-0.2, 0) is 17.6 Å². The van der Waals surface area contributed by atoms with Gasteiger partial charge in [-0.1, -0.05) is 17.4 Å². The molecule has 1 amide bonds. The largest absolute Gasteiger partial charge is 0.460 e. The molecule has 1 saturated heterocycles. The fourth-order valence-corrected chi connectivity index (χ4v) is 5.73. The molecule has 0 saturated carbocycles. The molecule has 2 aromatic heterocycles. The van der Waals surface area contributed by atoms with Crippen molar-refractivity contribution in [2.45, 2.75) is 51.3 Å². The van der Waals surface area contributed by atoms with Gasteiger partial charge in [0.1, 0.15) is 5.52 Å². The predicted molar refractivity (Wildman–Crippen MR) is 136 cm³/mol. The van der Waals surface area contributed by atoms with Crippen LogP contribution in [0, 0.1) is 12.8 Å². The third kappa shape index (κ3) is 6.78. The van der Waals surface area contributed by atoms with Crippen LogP contribution in [0.2, 0.25) is 0 Å². The molecule has 0 bridgehead atoms. The number of halogens is 3. The second-order valence-electron chi connectivity index (χ2n) is 9.65. The molecular formula is C26H29F3N4O4S.